The summed E-state index contributed by atoms with van der Waals surface area (Å²) in [5, 5.41) is 19.1. The number of nitrogens with one attached hydrogen (secondary N) is 2. The fourth-order valence-corrected chi connectivity index (χ4v) is 1.64. The van der Waals surface area contributed by atoms with Crippen molar-refractivity contribution in [2.45, 2.75) is 4.90 Å². The van der Waals surface area contributed by atoms with Gasteiger partial charge >= 0.3 is 0 Å². The second-order valence-corrected chi connectivity index (χ2v) is 3.99. The van der Waals surface area contributed by atoms with E-state index >= 15 is 0 Å². The van der Waals surface area contributed by atoms with Gasteiger partial charge in [-0.2, -0.15) is 0 Å². The Balaban J connectivity index is 3.00. The van der Waals surface area contributed by atoms with E-state index in [1.54, 1.807) is 6.07 Å². The molecular formula is C10H10N2O2S. The van der Waals surface area contributed by atoms with Gasteiger partial charge in [-0.25, -0.2) is 4.21 Å². The first-order valence-electron chi connectivity index (χ1n) is 4.10. The summed E-state index contributed by atoms with van der Waals surface area (Å²) in [5.41, 5.74) is 1.39. The molecule has 0 bridgehead atoms. The second-order valence-electron chi connectivity index (χ2n) is 2.69. The zero-order valence-corrected chi connectivity index (χ0v) is 8.67. The lowest BCUT2D eigenvalue weighted by atomic mass is 10.3. The van der Waals surface area contributed by atoms with Crippen LogP contribution in [0, 0.1) is 17.8 Å². The predicted octanol–water partition coefficient (Wildman–Crippen LogP) is 1.15. The van der Waals surface area contributed by atoms with Gasteiger partial charge in [0.25, 0.3) is 0 Å². The molecule has 0 heterocycles. The smallest absolute Gasteiger partial charge is 0.118 e. The maximum absolute atomic E-state index is 11.3. The Labute approximate surface area is 90.3 Å². The molecular weight excluding hydrogens is 212 g/mol. The second kappa shape index (κ2) is 5.17. The molecule has 4 nitrogen and oxygen atoms in total. The Morgan fingerprint density at radius 1 is 1.60 bits per heavy atom. The fraction of sp³-hybridized carbons (Fsp3) is 0.100. The Morgan fingerprint density at radius 3 is 2.93 bits per heavy atom. The largest absolute Gasteiger partial charge is 0.508 e. The summed E-state index contributed by atoms with van der Waals surface area (Å²) < 4.78 is 11.3. The van der Waals surface area contributed by atoms with Gasteiger partial charge in [0.2, 0.25) is 0 Å². The van der Waals surface area contributed by atoms with Crippen molar-refractivity contribution in [3.05, 3.63) is 18.2 Å². The topological polar surface area (TPSA) is 73.2 Å². The quantitative estimate of drug-likeness (QED) is 0.406. The highest BCUT2D eigenvalue weighted by Crippen LogP contribution is 2.21. The van der Waals surface area contributed by atoms with Gasteiger partial charge in [-0.15, -0.1) is 6.42 Å². The lowest BCUT2D eigenvalue weighted by molar-refractivity contribution is 0.474. The standard InChI is InChI=1S/C10H10N2O2S/c1-2-3-12-8-4-9(13)6-10(5-8)15(14)7-11/h1,4-7,11-13H,3H2. The Kier molecular flexibility index (Phi) is 3.89. The van der Waals surface area contributed by atoms with Crippen molar-refractivity contribution < 1.29 is 9.32 Å². The van der Waals surface area contributed by atoms with Crippen LogP contribution in [0.25, 0.3) is 0 Å². The number of terminal acetylenes is 1. The van der Waals surface area contributed by atoms with E-state index in [1.165, 1.54) is 12.1 Å². The molecule has 5 heteroatoms. The fourth-order valence-electron chi connectivity index (χ4n) is 1.02. The van der Waals surface area contributed by atoms with Gasteiger partial charge in [-0.05, 0) is 12.1 Å². The molecule has 0 saturated carbocycles. The van der Waals surface area contributed by atoms with Crippen molar-refractivity contribution in [2.24, 2.45) is 0 Å². The molecule has 0 fully saturated rings. The molecule has 15 heavy (non-hydrogen) atoms. The first-order valence-corrected chi connectivity index (χ1v) is 5.31. The van der Waals surface area contributed by atoms with Gasteiger partial charge in [0.1, 0.15) is 5.75 Å². The molecule has 0 aromatic heterocycles. The van der Waals surface area contributed by atoms with Gasteiger partial charge in [-0.1, -0.05) is 5.92 Å². The molecule has 0 saturated heterocycles. The van der Waals surface area contributed by atoms with E-state index in [0.717, 1.165) is 5.55 Å². The van der Waals surface area contributed by atoms with Gasteiger partial charge in [-0.3, -0.25) is 5.41 Å². The third-order valence-electron chi connectivity index (χ3n) is 1.63. The minimum absolute atomic E-state index is 0.0118. The van der Waals surface area contributed by atoms with Crippen molar-refractivity contribution in [1.29, 1.82) is 5.41 Å². The molecule has 1 unspecified atom stereocenters. The highest BCUT2D eigenvalue weighted by atomic mass is 32.2. The van der Waals surface area contributed by atoms with Crippen LogP contribution in [0.5, 0.6) is 5.75 Å². The molecule has 0 radical (unpaired) electrons. The lowest BCUT2D eigenvalue weighted by Crippen LogP contribution is -1.99. The number of phenols is 1. The average molecular weight is 222 g/mol. The molecule has 0 aliphatic carbocycles. The zero-order chi connectivity index (χ0) is 11.3. The third kappa shape index (κ3) is 3.11. The summed E-state index contributed by atoms with van der Waals surface area (Å²) in [6, 6.07) is 4.41. The first-order chi connectivity index (χ1) is 7.17. The normalized spacial score (nSPS) is 11.4. The number of benzene rings is 1. The monoisotopic (exact) mass is 222 g/mol. The molecule has 1 aromatic rings. The van der Waals surface area contributed by atoms with Crippen LogP contribution in [-0.4, -0.2) is 21.4 Å². The van der Waals surface area contributed by atoms with Crippen molar-refractivity contribution in [3.63, 3.8) is 0 Å². The van der Waals surface area contributed by atoms with E-state index < -0.39 is 10.8 Å². The van der Waals surface area contributed by atoms with E-state index in [9.17, 15) is 9.32 Å². The van der Waals surface area contributed by atoms with Crippen molar-refractivity contribution in [3.8, 4) is 18.1 Å². The van der Waals surface area contributed by atoms with Crippen molar-refractivity contribution in [1.82, 2.24) is 0 Å². The van der Waals surface area contributed by atoms with Crippen LogP contribution < -0.4 is 5.32 Å². The summed E-state index contributed by atoms with van der Waals surface area (Å²) >= 11 is 0. The molecule has 3 N–H and O–H groups in total. The molecule has 0 aliphatic heterocycles. The number of anilines is 1. The lowest BCUT2D eigenvalue weighted by Gasteiger charge is -2.05. The first kappa shape index (κ1) is 11.3. The predicted molar refractivity (Wildman–Crippen MR) is 60.6 cm³/mol. The molecule has 1 rings (SSSR count). The number of aromatic hydroxyl groups is 1. The minimum Gasteiger partial charge on any atom is -0.508 e. The number of hydrogen-bond acceptors (Lipinski definition) is 4. The molecule has 0 aliphatic rings. The zero-order valence-electron chi connectivity index (χ0n) is 7.86. The Bertz CT molecular complexity index is 438. The van der Waals surface area contributed by atoms with Gasteiger partial charge in [0.05, 0.1) is 27.8 Å². The van der Waals surface area contributed by atoms with Crippen LogP contribution in [0.3, 0.4) is 0 Å². The summed E-state index contributed by atoms with van der Waals surface area (Å²) in [6.45, 7) is 0.320. The third-order valence-corrected chi connectivity index (χ3v) is 2.54. The van der Waals surface area contributed by atoms with Gasteiger partial charge in [0, 0.05) is 11.8 Å². The summed E-state index contributed by atoms with van der Waals surface area (Å²) in [4.78, 5) is 0.365. The highest BCUT2D eigenvalue weighted by Gasteiger charge is 2.04. The van der Waals surface area contributed by atoms with Gasteiger partial charge < -0.3 is 10.4 Å². The van der Waals surface area contributed by atoms with Crippen LogP contribution in [0.4, 0.5) is 5.69 Å². The molecule has 1 atom stereocenters. The minimum atomic E-state index is -1.53. The molecule has 78 valence electrons. The molecule has 1 aromatic carbocycles. The van der Waals surface area contributed by atoms with Crippen LogP contribution in [-0.2, 0) is 10.8 Å². The number of hydrogen-bond donors (Lipinski definition) is 3. The molecule has 0 spiro atoms. The Hall–Kier alpha value is -1.80. The maximum atomic E-state index is 11.3. The van der Waals surface area contributed by atoms with E-state index in [2.05, 4.69) is 11.2 Å². The van der Waals surface area contributed by atoms with Crippen LogP contribution in [0.1, 0.15) is 0 Å². The van der Waals surface area contributed by atoms with E-state index in [-0.39, 0.29) is 5.75 Å². The van der Waals surface area contributed by atoms with E-state index in [0.29, 0.717) is 17.1 Å². The maximum Gasteiger partial charge on any atom is 0.118 e. The van der Waals surface area contributed by atoms with Crippen molar-refractivity contribution >= 4 is 22.0 Å². The van der Waals surface area contributed by atoms with Crippen molar-refractivity contribution in [2.75, 3.05) is 11.9 Å². The van der Waals surface area contributed by atoms with E-state index in [1.807, 2.05) is 0 Å². The number of phenolic OH excluding ortho intramolecular Hbond substituents is 1. The van der Waals surface area contributed by atoms with Crippen LogP contribution >= 0.6 is 0 Å². The highest BCUT2D eigenvalue weighted by molar-refractivity contribution is 7.98. The van der Waals surface area contributed by atoms with Gasteiger partial charge in [0.15, 0.2) is 0 Å². The summed E-state index contributed by atoms with van der Waals surface area (Å²) in [7, 11) is -1.53. The van der Waals surface area contributed by atoms with E-state index in [4.69, 9.17) is 11.8 Å². The van der Waals surface area contributed by atoms with Crippen LogP contribution in [0.15, 0.2) is 23.1 Å². The molecule has 0 amide bonds. The summed E-state index contributed by atoms with van der Waals surface area (Å²) in [5.74, 6) is 2.37. The van der Waals surface area contributed by atoms with Crippen LogP contribution in [0.2, 0.25) is 0 Å². The summed E-state index contributed by atoms with van der Waals surface area (Å²) in [6.07, 6.45) is 5.07. The SMILES string of the molecule is C#CCNc1cc(O)cc(S(=O)C=N)c1. The number of rotatable bonds is 4. The Morgan fingerprint density at radius 2 is 2.33 bits per heavy atom. The average Bonchev–Trinajstić information content (AvgIpc) is 2.24.